The number of nitrogens with zero attached hydrogens (tertiary/aromatic N) is 6. The zero-order chi connectivity index (χ0) is 19.0. The molecule has 0 aliphatic carbocycles. The van der Waals surface area contributed by atoms with E-state index in [4.69, 9.17) is 0 Å². The molecule has 9 heteroatoms. The summed E-state index contributed by atoms with van der Waals surface area (Å²) in [4.78, 5) is 13.6. The molecular formula is C18H19FN6O2. The predicted molar refractivity (Wildman–Crippen MR) is 93.2 cm³/mol. The van der Waals surface area contributed by atoms with Gasteiger partial charge in [0.25, 0.3) is 0 Å². The maximum atomic E-state index is 13.0. The van der Waals surface area contributed by atoms with Crippen LogP contribution in [0.2, 0.25) is 0 Å². The van der Waals surface area contributed by atoms with Crippen molar-refractivity contribution in [2.75, 3.05) is 0 Å². The molecule has 0 spiro atoms. The molecule has 3 aromatic rings. The fourth-order valence-electron chi connectivity index (χ4n) is 3.35. The Balaban J connectivity index is 1.49. The smallest absolute Gasteiger partial charge is 0.322 e. The molecule has 1 aliphatic rings. The molecule has 8 nitrogen and oxygen atoms in total. The monoisotopic (exact) mass is 370 g/mol. The molecule has 27 heavy (non-hydrogen) atoms. The summed E-state index contributed by atoms with van der Waals surface area (Å²) in [5.41, 5.74) is 1.85. The molecule has 1 aromatic carbocycles. The highest BCUT2D eigenvalue weighted by molar-refractivity contribution is 5.73. The normalized spacial score (nSPS) is 17.0. The van der Waals surface area contributed by atoms with Crippen LogP contribution in [0.15, 0.2) is 36.7 Å². The summed E-state index contributed by atoms with van der Waals surface area (Å²) >= 11 is 0. The molecule has 0 radical (unpaired) electrons. The molecule has 1 aliphatic heterocycles. The summed E-state index contributed by atoms with van der Waals surface area (Å²) in [6, 6.07) is 5.63. The topological polar surface area (TPSA) is 89.1 Å². The Kier molecular flexibility index (Phi) is 4.44. The molecule has 1 atom stereocenters. The van der Waals surface area contributed by atoms with Crippen molar-refractivity contribution in [1.29, 1.82) is 0 Å². The van der Waals surface area contributed by atoms with Gasteiger partial charge >= 0.3 is 5.97 Å². The summed E-state index contributed by atoms with van der Waals surface area (Å²) in [5.74, 6) is 0.354. The van der Waals surface area contributed by atoms with Crippen molar-refractivity contribution in [3.8, 4) is 0 Å². The second-order valence-electron chi connectivity index (χ2n) is 6.71. The van der Waals surface area contributed by atoms with Crippen LogP contribution in [0.4, 0.5) is 4.39 Å². The number of rotatable bonds is 5. The molecule has 0 bridgehead atoms. The van der Waals surface area contributed by atoms with Crippen LogP contribution in [0.1, 0.15) is 22.8 Å². The van der Waals surface area contributed by atoms with Gasteiger partial charge in [-0.2, -0.15) is 5.10 Å². The van der Waals surface area contributed by atoms with Crippen LogP contribution in [0.3, 0.4) is 0 Å². The summed E-state index contributed by atoms with van der Waals surface area (Å²) in [6.45, 7) is 3.54. The first-order chi connectivity index (χ1) is 13.0. The third-order valence-electron chi connectivity index (χ3n) is 4.77. The number of benzene rings is 1. The van der Waals surface area contributed by atoms with E-state index >= 15 is 0 Å². The lowest BCUT2D eigenvalue weighted by molar-refractivity contribution is -0.145. The van der Waals surface area contributed by atoms with Crippen molar-refractivity contribution in [3.63, 3.8) is 0 Å². The van der Waals surface area contributed by atoms with Gasteiger partial charge in [-0.05, 0) is 24.6 Å². The lowest BCUT2D eigenvalue weighted by atomic mass is 10.1. The summed E-state index contributed by atoms with van der Waals surface area (Å²) in [6.07, 6.45) is 3.61. The first kappa shape index (κ1) is 17.3. The minimum atomic E-state index is -0.868. The second kappa shape index (κ2) is 6.92. The Morgan fingerprint density at radius 2 is 2.00 bits per heavy atom. The number of carbonyl (C=O) groups is 1. The number of hydrogen-bond donors (Lipinski definition) is 1. The molecule has 2 aromatic heterocycles. The molecule has 0 saturated heterocycles. The van der Waals surface area contributed by atoms with Gasteiger partial charge in [0.05, 0.1) is 25.8 Å². The maximum absolute atomic E-state index is 13.0. The molecule has 0 amide bonds. The van der Waals surface area contributed by atoms with Gasteiger partial charge in [0.1, 0.15) is 23.5 Å². The average molecular weight is 370 g/mol. The molecule has 0 saturated carbocycles. The number of halogens is 1. The second-order valence-corrected chi connectivity index (χ2v) is 6.71. The van der Waals surface area contributed by atoms with Gasteiger partial charge in [-0.3, -0.25) is 14.4 Å². The molecule has 4 rings (SSSR count). The molecule has 0 fully saturated rings. The number of aryl methyl sites for hydroxylation is 1. The third kappa shape index (κ3) is 3.59. The molecule has 1 N–H and O–H groups in total. The highest BCUT2D eigenvalue weighted by atomic mass is 19.1. The van der Waals surface area contributed by atoms with Crippen molar-refractivity contribution in [2.45, 2.75) is 39.1 Å². The van der Waals surface area contributed by atoms with Crippen LogP contribution in [-0.2, 0) is 31.0 Å². The van der Waals surface area contributed by atoms with E-state index in [-0.39, 0.29) is 5.82 Å². The van der Waals surface area contributed by atoms with Crippen LogP contribution in [0.5, 0.6) is 0 Å². The highest BCUT2D eigenvalue weighted by Crippen LogP contribution is 2.20. The Morgan fingerprint density at radius 3 is 2.74 bits per heavy atom. The van der Waals surface area contributed by atoms with Gasteiger partial charge in [-0.15, -0.1) is 10.2 Å². The van der Waals surface area contributed by atoms with Gasteiger partial charge in [-0.25, -0.2) is 4.39 Å². The number of aliphatic carboxylic acids is 1. The summed E-state index contributed by atoms with van der Waals surface area (Å²) in [7, 11) is 0. The van der Waals surface area contributed by atoms with Crippen molar-refractivity contribution >= 4 is 5.97 Å². The number of aromatic nitrogens is 5. The predicted octanol–water partition coefficient (Wildman–Crippen LogP) is 1.44. The number of hydrogen-bond acceptors (Lipinski definition) is 5. The van der Waals surface area contributed by atoms with Gasteiger partial charge in [0.15, 0.2) is 0 Å². The average Bonchev–Trinajstić information content (AvgIpc) is 3.23. The quantitative estimate of drug-likeness (QED) is 0.731. The van der Waals surface area contributed by atoms with E-state index < -0.39 is 12.0 Å². The molecule has 1 unspecified atom stereocenters. The molecule has 140 valence electrons. The van der Waals surface area contributed by atoms with Crippen LogP contribution < -0.4 is 0 Å². The first-order valence-electron chi connectivity index (χ1n) is 8.61. The third-order valence-corrected chi connectivity index (χ3v) is 4.77. The van der Waals surface area contributed by atoms with Crippen LogP contribution >= 0.6 is 0 Å². The van der Waals surface area contributed by atoms with Crippen LogP contribution in [0.25, 0.3) is 0 Å². The van der Waals surface area contributed by atoms with Gasteiger partial charge < -0.3 is 9.67 Å². The van der Waals surface area contributed by atoms with Crippen LogP contribution in [-0.4, -0.2) is 46.6 Å². The molecule has 3 heterocycles. The summed E-state index contributed by atoms with van der Waals surface area (Å²) in [5, 5.41) is 22.1. The van der Waals surface area contributed by atoms with E-state index in [1.807, 2.05) is 22.6 Å². The largest absolute Gasteiger partial charge is 0.480 e. The van der Waals surface area contributed by atoms with Gasteiger partial charge in [-0.1, -0.05) is 12.1 Å². The first-order valence-corrected chi connectivity index (χ1v) is 8.61. The number of fused-ring (bicyclic) bond motifs is 1. The minimum absolute atomic E-state index is 0.271. The lowest BCUT2D eigenvalue weighted by Gasteiger charge is -2.33. The SMILES string of the molecule is Cc1nnc2n1CC(C(=O)O)N(Cc1cnn(Cc3ccc(F)cc3)c1)C2. The van der Waals surface area contributed by atoms with E-state index in [1.54, 1.807) is 23.0 Å². The lowest BCUT2D eigenvalue weighted by Crippen LogP contribution is -2.47. The van der Waals surface area contributed by atoms with Gasteiger partial charge in [0.2, 0.25) is 0 Å². The summed E-state index contributed by atoms with van der Waals surface area (Å²) < 4.78 is 16.6. The van der Waals surface area contributed by atoms with E-state index in [9.17, 15) is 14.3 Å². The van der Waals surface area contributed by atoms with Crippen LogP contribution in [0, 0.1) is 12.7 Å². The van der Waals surface area contributed by atoms with Crippen molar-refractivity contribution in [3.05, 3.63) is 65.3 Å². The van der Waals surface area contributed by atoms with Gasteiger partial charge in [0, 0.05) is 18.3 Å². The minimum Gasteiger partial charge on any atom is -0.480 e. The Hall–Kier alpha value is -3.07. The van der Waals surface area contributed by atoms with Crippen molar-refractivity contribution in [1.82, 2.24) is 29.4 Å². The van der Waals surface area contributed by atoms with E-state index in [0.29, 0.717) is 26.2 Å². The van der Waals surface area contributed by atoms with Crippen molar-refractivity contribution < 1.29 is 14.3 Å². The number of carboxylic acid groups (broad SMARTS) is 1. The zero-order valence-electron chi connectivity index (χ0n) is 14.8. The molecular weight excluding hydrogens is 351 g/mol. The zero-order valence-corrected chi connectivity index (χ0v) is 14.8. The standard InChI is InChI=1S/C18H19FN6O2/c1-12-21-22-17-11-23(16(18(26)27)10-25(12)17)7-14-6-20-24(9-14)8-13-2-4-15(19)5-3-13/h2-6,9,16H,7-8,10-11H2,1H3,(H,26,27). The Bertz CT molecular complexity index is 965. The van der Waals surface area contributed by atoms with Crippen molar-refractivity contribution in [2.24, 2.45) is 0 Å². The van der Waals surface area contributed by atoms with E-state index in [0.717, 1.165) is 22.8 Å². The Morgan fingerprint density at radius 1 is 1.22 bits per heavy atom. The fourth-order valence-corrected chi connectivity index (χ4v) is 3.35. The number of carboxylic acids is 1. The Labute approximate surface area is 154 Å². The fraction of sp³-hybridized carbons (Fsp3) is 0.333. The highest BCUT2D eigenvalue weighted by Gasteiger charge is 2.33. The van der Waals surface area contributed by atoms with E-state index in [1.165, 1.54) is 12.1 Å². The maximum Gasteiger partial charge on any atom is 0.322 e. The van der Waals surface area contributed by atoms with E-state index in [2.05, 4.69) is 15.3 Å².